The van der Waals surface area contributed by atoms with E-state index in [9.17, 15) is 4.79 Å². The summed E-state index contributed by atoms with van der Waals surface area (Å²) in [5.74, 6) is 0.629. The van der Waals surface area contributed by atoms with Gasteiger partial charge in [-0.15, -0.1) is 0 Å². The Balaban J connectivity index is 1.54. The van der Waals surface area contributed by atoms with Crippen molar-refractivity contribution >= 4 is 56.5 Å². The maximum atomic E-state index is 12.4. The van der Waals surface area contributed by atoms with Crippen molar-refractivity contribution in [2.24, 2.45) is 5.10 Å². The number of halogens is 1. The van der Waals surface area contributed by atoms with E-state index in [2.05, 4.69) is 33.1 Å². The van der Waals surface area contributed by atoms with Gasteiger partial charge in [0.15, 0.2) is 5.76 Å². The van der Waals surface area contributed by atoms with Crippen molar-refractivity contribution in [3.8, 4) is 5.75 Å². The standard InChI is InChI=1S/C21H15IN2O3/c1-26-19-8-6-13(10-17(19)22)12-23-24-21(25)20-11-16-15-5-3-2-4-14(15)7-9-18(16)27-20/h2-12H,1H3,(H,24,25). The number of benzene rings is 3. The van der Waals surface area contributed by atoms with E-state index in [0.717, 1.165) is 31.0 Å². The molecule has 0 aliphatic carbocycles. The average Bonchev–Trinajstić information content (AvgIpc) is 3.13. The Labute approximate surface area is 169 Å². The summed E-state index contributed by atoms with van der Waals surface area (Å²) in [4.78, 5) is 12.4. The first-order valence-electron chi connectivity index (χ1n) is 8.24. The summed E-state index contributed by atoms with van der Waals surface area (Å²) in [6, 6.07) is 19.2. The number of hydrogen-bond acceptors (Lipinski definition) is 4. The molecule has 1 N–H and O–H groups in total. The van der Waals surface area contributed by atoms with E-state index in [1.807, 2.05) is 54.6 Å². The Kier molecular flexibility index (Phi) is 4.81. The number of amides is 1. The number of hydrazone groups is 1. The number of nitrogens with zero attached hydrogens (tertiary/aromatic N) is 1. The minimum Gasteiger partial charge on any atom is -0.496 e. The monoisotopic (exact) mass is 470 g/mol. The molecule has 0 saturated carbocycles. The third-order valence-corrected chi connectivity index (χ3v) is 5.05. The summed E-state index contributed by atoms with van der Waals surface area (Å²) in [6.45, 7) is 0. The summed E-state index contributed by atoms with van der Waals surface area (Å²) in [6.07, 6.45) is 1.58. The SMILES string of the molecule is COc1ccc(C=NNC(=O)c2cc3c(ccc4ccccc43)o2)cc1I. The van der Waals surface area contributed by atoms with Crippen LogP contribution in [-0.2, 0) is 0 Å². The van der Waals surface area contributed by atoms with Crippen LogP contribution >= 0.6 is 22.6 Å². The van der Waals surface area contributed by atoms with Crippen molar-refractivity contribution in [1.29, 1.82) is 0 Å². The van der Waals surface area contributed by atoms with Gasteiger partial charge in [0.2, 0.25) is 0 Å². The second kappa shape index (κ2) is 7.40. The largest absolute Gasteiger partial charge is 0.496 e. The lowest BCUT2D eigenvalue weighted by molar-refractivity contribution is 0.0929. The third kappa shape index (κ3) is 3.52. The van der Waals surface area contributed by atoms with Crippen molar-refractivity contribution in [3.05, 3.63) is 75.6 Å². The smallest absolute Gasteiger partial charge is 0.307 e. The quantitative estimate of drug-likeness (QED) is 0.261. The van der Waals surface area contributed by atoms with E-state index < -0.39 is 5.91 Å². The molecule has 0 atom stereocenters. The highest BCUT2D eigenvalue weighted by Gasteiger charge is 2.13. The lowest BCUT2D eigenvalue weighted by Crippen LogP contribution is -2.16. The zero-order chi connectivity index (χ0) is 18.8. The molecule has 1 aromatic heterocycles. The van der Waals surface area contributed by atoms with Gasteiger partial charge < -0.3 is 9.15 Å². The van der Waals surface area contributed by atoms with Gasteiger partial charge in [-0.1, -0.05) is 30.3 Å². The van der Waals surface area contributed by atoms with Crippen LogP contribution in [0.1, 0.15) is 16.1 Å². The van der Waals surface area contributed by atoms with Crippen LogP contribution in [0, 0.1) is 3.57 Å². The van der Waals surface area contributed by atoms with Gasteiger partial charge >= 0.3 is 5.91 Å². The lowest BCUT2D eigenvalue weighted by atomic mass is 10.1. The molecule has 0 bridgehead atoms. The normalized spacial score (nSPS) is 11.3. The Bertz CT molecular complexity index is 1180. The van der Waals surface area contributed by atoms with E-state index >= 15 is 0 Å². The molecule has 6 heteroatoms. The maximum absolute atomic E-state index is 12.4. The van der Waals surface area contributed by atoms with Crippen molar-refractivity contribution in [3.63, 3.8) is 0 Å². The van der Waals surface area contributed by atoms with E-state index in [4.69, 9.17) is 9.15 Å². The van der Waals surface area contributed by atoms with Crippen molar-refractivity contribution in [2.75, 3.05) is 7.11 Å². The van der Waals surface area contributed by atoms with Gasteiger partial charge in [0.25, 0.3) is 0 Å². The van der Waals surface area contributed by atoms with Gasteiger partial charge in [-0.25, -0.2) is 5.43 Å². The Morgan fingerprint density at radius 2 is 1.96 bits per heavy atom. The van der Waals surface area contributed by atoms with Crippen LogP contribution in [0.3, 0.4) is 0 Å². The molecule has 3 aromatic carbocycles. The van der Waals surface area contributed by atoms with Crippen molar-refractivity contribution in [1.82, 2.24) is 5.43 Å². The van der Waals surface area contributed by atoms with E-state index in [0.29, 0.717) is 5.58 Å². The highest BCUT2D eigenvalue weighted by molar-refractivity contribution is 14.1. The van der Waals surface area contributed by atoms with E-state index in [1.165, 1.54) is 0 Å². The number of methoxy groups -OCH3 is 1. The highest BCUT2D eigenvalue weighted by atomic mass is 127. The van der Waals surface area contributed by atoms with Gasteiger partial charge in [-0.05, 0) is 69.3 Å². The summed E-state index contributed by atoms with van der Waals surface area (Å²) >= 11 is 2.19. The minimum atomic E-state index is -0.394. The summed E-state index contributed by atoms with van der Waals surface area (Å²) < 4.78 is 11.9. The predicted octanol–water partition coefficient (Wildman–Crippen LogP) is 4.96. The van der Waals surface area contributed by atoms with Gasteiger partial charge in [0.05, 0.1) is 16.9 Å². The fraction of sp³-hybridized carbons (Fsp3) is 0.0476. The van der Waals surface area contributed by atoms with Crippen LogP contribution in [0.5, 0.6) is 5.75 Å². The number of carbonyl (C=O) groups is 1. The minimum absolute atomic E-state index is 0.225. The zero-order valence-electron chi connectivity index (χ0n) is 14.4. The van der Waals surface area contributed by atoms with E-state index in [-0.39, 0.29) is 5.76 Å². The van der Waals surface area contributed by atoms with Crippen LogP contribution in [0.15, 0.2) is 70.2 Å². The molecule has 27 heavy (non-hydrogen) atoms. The van der Waals surface area contributed by atoms with Gasteiger partial charge in [0.1, 0.15) is 11.3 Å². The molecule has 134 valence electrons. The number of furan rings is 1. The molecule has 0 aliphatic rings. The molecule has 0 radical (unpaired) electrons. The number of ether oxygens (including phenoxy) is 1. The molecule has 5 nitrogen and oxygen atoms in total. The number of carbonyl (C=O) groups excluding carboxylic acids is 1. The molecule has 4 aromatic rings. The molecule has 1 amide bonds. The van der Waals surface area contributed by atoms with Crippen LogP contribution in [-0.4, -0.2) is 19.2 Å². The van der Waals surface area contributed by atoms with Crippen LogP contribution in [0.25, 0.3) is 21.7 Å². The van der Waals surface area contributed by atoms with Gasteiger partial charge in [0, 0.05) is 5.39 Å². The van der Waals surface area contributed by atoms with Crippen molar-refractivity contribution < 1.29 is 13.9 Å². The first-order chi connectivity index (χ1) is 13.2. The molecular formula is C21H15IN2O3. The average molecular weight is 470 g/mol. The summed E-state index contributed by atoms with van der Waals surface area (Å²) in [5, 5.41) is 7.08. The maximum Gasteiger partial charge on any atom is 0.307 e. The van der Waals surface area contributed by atoms with Crippen LogP contribution in [0.4, 0.5) is 0 Å². The Morgan fingerprint density at radius 3 is 2.78 bits per heavy atom. The first kappa shape index (κ1) is 17.5. The summed E-state index contributed by atoms with van der Waals surface area (Å²) in [7, 11) is 1.63. The fourth-order valence-electron chi connectivity index (χ4n) is 2.89. The highest BCUT2D eigenvalue weighted by Crippen LogP contribution is 2.28. The number of fused-ring (bicyclic) bond motifs is 3. The Morgan fingerprint density at radius 1 is 1.11 bits per heavy atom. The topological polar surface area (TPSA) is 63.8 Å². The van der Waals surface area contributed by atoms with Gasteiger partial charge in [-0.3, -0.25) is 4.79 Å². The van der Waals surface area contributed by atoms with Gasteiger partial charge in [-0.2, -0.15) is 5.10 Å². The third-order valence-electron chi connectivity index (χ3n) is 4.21. The fourth-order valence-corrected chi connectivity index (χ4v) is 3.65. The molecule has 0 unspecified atom stereocenters. The Hall–Kier alpha value is -2.87. The molecule has 0 fully saturated rings. The van der Waals surface area contributed by atoms with Crippen LogP contribution < -0.4 is 10.2 Å². The predicted molar refractivity (Wildman–Crippen MR) is 114 cm³/mol. The first-order valence-corrected chi connectivity index (χ1v) is 9.32. The zero-order valence-corrected chi connectivity index (χ0v) is 16.6. The van der Waals surface area contributed by atoms with E-state index in [1.54, 1.807) is 19.4 Å². The number of rotatable bonds is 4. The second-order valence-electron chi connectivity index (χ2n) is 5.90. The second-order valence-corrected chi connectivity index (χ2v) is 7.06. The number of nitrogens with one attached hydrogen (secondary N) is 1. The summed E-state index contributed by atoms with van der Waals surface area (Å²) in [5.41, 5.74) is 4.04. The molecule has 4 rings (SSSR count). The molecule has 1 heterocycles. The number of hydrogen-bond donors (Lipinski definition) is 1. The molecule has 0 saturated heterocycles. The lowest BCUT2D eigenvalue weighted by Gasteiger charge is -2.03. The molecular weight excluding hydrogens is 455 g/mol. The molecule has 0 spiro atoms. The van der Waals surface area contributed by atoms with Crippen molar-refractivity contribution in [2.45, 2.75) is 0 Å². The van der Waals surface area contributed by atoms with Crippen LogP contribution in [0.2, 0.25) is 0 Å². The molecule has 0 aliphatic heterocycles.